The number of fused-ring (bicyclic) bond motifs is 1. The van der Waals surface area contributed by atoms with Crippen molar-refractivity contribution >= 4 is 22.7 Å². The fourth-order valence-electron chi connectivity index (χ4n) is 4.65. The first-order chi connectivity index (χ1) is 15.6. The van der Waals surface area contributed by atoms with Gasteiger partial charge in [-0.15, -0.1) is 0 Å². The topological polar surface area (TPSA) is 89.8 Å². The van der Waals surface area contributed by atoms with E-state index in [-0.39, 0.29) is 36.1 Å². The molecule has 0 radical (unpaired) electrons. The minimum Gasteiger partial charge on any atom is -0.459 e. The zero-order chi connectivity index (χ0) is 22.5. The lowest BCUT2D eigenvalue weighted by Gasteiger charge is -2.29. The maximum atomic E-state index is 13.0. The number of hydrogen-bond donors (Lipinski definition) is 2. The number of nitrogens with zero attached hydrogens (tertiary/aromatic N) is 1. The van der Waals surface area contributed by atoms with Crippen LogP contribution < -0.4 is 5.32 Å². The predicted molar refractivity (Wildman–Crippen MR) is 121 cm³/mol. The molecule has 0 bridgehead atoms. The van der Waals surface area contributed by atoms with E-state index in [9.17, 15) is 9.59 Å². The van der Waals surface area contributed by atoms with Crippen molar-refractivity contribution in [3.05, 3.63) is 47.9 Å². The van der Waals surface area contributed by atoms with Crippen LogP contribution in [0.2, 0.25) is 0 Å². The molecule has 2 heterocycles. The van der Waals surface area contributed by atoms with Crippen LogP contribution in [0.1, 0.15) is 68.1 Å². The van der Waals surface area contributed by atoms with Crippen LogP contribution in [-0.2, 0) is 14.3 Å². The number of carbonyl (C=O) groups is 2. The minimum absolute atomic E-state index is 0.0560. The highest BCUT2D eigenvalue weighted by atomic mass is 16.7. The number of amides is 1. The number of aromatic nitrogens is 1. The van der Waals surface area contributed by atoms with Crippen LogP contribution in [0.5, 0.6) is 0 Å². The maximum absolute atomic E-state index is 13.0. The molecule has 0 unspecified atom stereocenters. The van der Waals surface area contributed by atoms with Crippen molar-refractivity contribution in [1.82, 2.24) is 9.88 Å². The molecular formula is C25H32N2O5. The molecule has 1 amide bonds. The largest absolute Gasteiger partial charge is 0.459 e. The van der Waals surface area contributed by atoms with Gasteiger partial charge in [0.1, 0.15) is 0 Å². The Kier molecular flexibility index (Phi) is 7.27. The molecule has 4 rings (SSSR count). The number of benzene rings is 1. The van der Waals surface area contributed by atoms with E-state index < -0.39 is 6.29 Å². The monoisotopic (exact) mass is 440 g/mol. The first-order valence-corrected chi connectivity index (χ1v) is 11.6. The lowest BCUT2D eigenvalue weighted by atomic mass is 9.92. The number of allylic oxidation sites excluding steroid dienone is 1. The van der Waals surface area contributed by atoms with Crippen molar-refractivity contribution in [2.75, 3.05) is 13.2 Å². The summed E-state index contributed by atoms with van der Waals surface area (Å²) in [7, 11) is 0. The van der Waals surface area contributed by atoms with E-state index >= 15 is 0 Å². The first kappa shape index (κ1) is 22.6. The minimum atomic E-state index is -0.563. The van der Waals surface area contributed by atoms with Gasteiger partial charge < -0.3 is 19.9 Å². The van der Waals surface area contributed by atoms with Gasteiger partial charge in [0.05, 0.1) is 12.1 Å². The second-order valence-electron chi connectivity index (χ2n) is 8.67. The van der Waals surface area contributed by atoms with Crippen molar-refractivity contribution < 1.29 is 24.2 Å². The Bertz CT molecular complexity index is 989. The van der Waals surface area contributed by atoms with E-state index in [2.05, 4.69) is 5.32 Å². The van der Waals surface area contributed by atoms with Crippen molar-refractivity contribution in [1.29, 1.82) is 0 Å². The summed E-state index contributed by atoms with van der Waals surface area (Å²) in [6, 6.07) is 7.99. The smallest absolute Gasteiger partial charge is 0.286 e. The van der Waals surface area contributed by atoms with Crippen molar-refractivity contribution in [3.63, 3.8) is 0 Å². The zero-order valence-corrected chi connectivity index (χ0v) is 18.6. The maximum Gasteiger partial charge on any atom is 0.286 e. The van der Waals surface area contributed by atoms with Gasteiger partial charge in [-0.25, -0.2) is 0 Å². The van der Waals surface area contributed by atoms with E-state index in [1.807, 2.05) is 36.5 Å². The Morgan fingerprint density at radius 1 is 1.22 bits per heavy atom. The SMILES string of the molecule is CC(=O)n1cc([C@H]2C=C(C(=O)NC3CCCC3)O[C@@H](OCCCCO)C2)c2ccccc21. The second kappa shape index (κ2) is 10.3. The summed E-state index contributed by atoms with van der Waals surface area (Å²) in [4.78, 5) is 25.2. The van der Waals surface area contributed by atoms with E-state index in [4.69, 9.17) is 14.6 Å². The summed E-state index contributed by atoms with van der Waals surface area (Å²) < 4.78 is 13.5. The van der Waals surface area contributed by atoms with E-state index in [0.717, 1.165) is 48.6 Å². The zero-order valence-electron chi connectivity index (χ0n) is 18.6. The Hall–Kier alpha value is -2.64. The summed E-state index contributed by atoms with van der Waals surface area (Å²) in [6.45, 7) is 2.12. The molecule has 0 saturated heterocycles. The number of aliphatic hydroxyl groups excluding tert-OH is 1. The van der Waals surface area contributed by atoms with Gasteiger partial charge >= 0.3 is 0 Å². The Morgan fingerprint density at radius 2 is 2.00 bits per heavy atom. The van der Waals surface area contributed by atoms with Gasteiger partial charge in [0, 0.05) is 43.5 Å². The first-order valence-electron chi connectivity index (χ1n) is 11.6. The van der Waals surface area contributed by atoms with Crippen molar-refractivity contribution in [3.8, 4) is 0 Å². The van der Waals surface area contributed by atoms with Gasteiger partial charge in [-0.1, -0.05) is 31.0 Å². The van der Waals surface area contributed by atoms with Gasteiger partial charge in [-0.05, 0) is 43.4 Å². The molecule has 2 atom stereocenters. The second-order valence-corrected chi connectivity index (χ2v) is 8.67. The summed E-state index contributed by atoms with van der Waals surface area (Å²) >= 11 is 0. The molecule has 0 spiro atoms. The lowest BCUT2D eigenvalue weighted by molar-refractivity contribution is -0.146. The number of nitrogens with one attached hydrogen (secondary N) is 1. The fraction of sp³-hybridized carbons (Fsp3) is 0.520. The summed E-state index contributed by atoms with van der Waals surface area (Å²) in [5.41, 5.74) is 1.83. The van der Waals surface area contributed by atoms with Crippen LogP contribution in [0.4, 0.5) is 0 Å². The van der Waals surface area contributed by atoms with Crippen LogP contribution >= 0.6 is 0 Å². The predicted octanol–water partition coefficient (Wildman–Crippen LogP) is 3.86. The highest BCUT2D eigenvalue weighted by Gasteiger charge is 2.31. The Labute approximate surface area is 188 Å². The Morgan fingerprint density at radius 3 is 2.75 bits per heavy atom. The summed E-state index contributed by atoms with van der Waals surface area (Å²) in [5.74, 6) is -0.109. The molecule has 1 aromatic carbocycles. The summed E-state index contributed by atoms with van der Waals surface area (Å²) in [5, 5.41) is 13.1. The third-order valence-corrected chi connectivity index (χ3v) is 6.31. The lowest BCUT2D eigenvalue weighted by Crippen LogP contribution is -2.37. The van der Waals surface area contributed by atoms with Crippen LogP contribution in [0, 0.1) is 0 Å². The van der Waals surface area contributed by atoms with Gasteiger partial charge in [0.25, 0.3) is 5.91 Å². The molecule has 1 fully saturated rings. The highest BCUT2D eigenvalue weighted by Crippen LogP contribution is 2.36. The number of ether oxygens (including phenoxy) is 2. The van der Waals surface area contributed by atoms with Crippen molar-refractivity contribution in [2.45, 2.75) is 70.1 Å². The molecule has 2 aliphatic rings. The molecule has 1 saturated carbocycles. The number of carbonyl (C=O) groups excluding carboxylic acids is 2. The molecule has 2 N–H and O–H groups in total. The van der Waals surface area contributed by atoms with Crippen LogP contribution in [0.3, 0.4) is 0 Å². The van der Waals surface area contributed by atoms with E-state index in [0.29, 0.717) is 19.4 Å². The third kappa shape index (κ3) is 5.05. The number of rotatable bonds is 8. The molecule has 7 nitrogen and oxygen atoms in total. The Balaban J connectivity index is 1.62. The normalized spacial score (nSPS) is 21.4. The van der Waals surface area contributed by atoms with Crippen molar-refractivity contribution in [2.24, 2.45) is 0 Å². The molecular weight excluding hydrogens is 408 g/mol. The number of para-hydroxylation sites is 1. The van der Waals surface area contributed by atoms with E-state index in [1.54, 1.807) is 11.5 Å². The van der Waals surface area contributed by atoms with Gasteiger partial charge in [-0.2, -0.15) is 0 Å². The molecule has 7 heteroatoms. The number of unbranched alkanes of at least 4 members (excludes halogenated alkanes) is 1. The van der Waals surface area contributed by atoms with Crippen LogP contribution in [0.15, 0.2) is 42.3 Å². The van der Waals surface area contributed by atoms with Gasteiger partial charge in [-0.3, -0.25) is 14.2 Å². The molecule has 32 heavy (non-hydrogen) atoms. The molecule has 1 aromatic heterocycles. The molecule has 1 aliphatic carbocycles. The highest BCUT2D eigenvalue weighted by molar-refractivity contribution is 5.95. The average molecular weight is 441 g/mol. The fourth-order valence-corrected chi connectivity index (χ4v) is 4.65. The number of aliphatic hydroxyl groups is 1. The van der Waals surface area contributed by atoms with E-state index in [1.165, 1.54) is 0 Å². The number of hydrogen-bond acceptors (Lipinski definition) is 5. The summed E-state index contributed by atoms with van der Waals surface area (Å²) in [6.07, 6.45) is 9.36. The van der Waals surface area contributed by atoms with Crippen LogP contribution in [0.25, 0.3) is 10.9 Å². The molecule has 1 aliphatic heterocycles. The van der Waals surface area contributed by atoms with Gasteiger partial charge in [0.15, 0.2) is 5.76 Å². The molecule has 2 aromatic rings. The van der Waals surface area contributed by atoms with Crippen LogP contribution in [-0.4, -0.2) is 47.0 Å². The van der Waals surface area contributed by atoms with Gasteiger partial charge in [0.2, 0.25) is 12.2 Å². The quantitative estimate of drug-likeness (QED) is 0.609. The molecule has 172 valence electrons. The third-order valence-electron chi connectivity index (χ3n) is 6.31. The average Bonchev–Trinajstić information content (AvgIpc) is 3.44. The standard InChI is InChI=1S/C25H32N2O5/c1-17(29)27-16-21(20-10-4-5-11-22(20)27)18-14-23(25(30)26-19-8-2-3-9-19)32-24(15-18)31-13-7-6-12-28/h4-5,10-11,14,16,18-19,24,28H,2-3,6-9,12-13,15H2,1H3,(H,26,30)/t18-,24+/m0/s1.